The van der Waals surface area contributed by atoms with Crippen molar-refractivity contribution in [1.29, 1.82) is 0 Å². The fourth-order valence-electron chi connectivity index (χ4n) is 3.90. The van der Waals surface area contributed by atoms with Crippen LogP contribution in [0.2, 0.25) is 0 Å². The Morgan fingerprint density at radius 2 is 2.26 bits per heavy atom. The Morgan fingerprint density at radius 1 is 1.39 bits per heavy atom. The van der Waals surface area contributed by atoms with Crippen molar-refractivity contribution in [2.45, 2.75) is 25.0 Å². The Morgan fingerprint density at radius 3 is 2.96 bits per heavy atom. The Bertz CT molecular complexity index is 505. The summed E-state index contributed by atoms with van der Waals surface area (Å²) in [6, 6.07) is 3.91. The molecule has 2 saturated heterocycles. The maximum Gasteiger partial charge on any atom is 0.230 e. The van der Waals surface area contributed by atoms with Crippen LogP contribution in [0, 0.1) is 5.92 Å². The van der Waals surface area contributed by atoms with Gasteiger partial charge in [0.15, 0.2) is 0 Å². The number of rotatable bonds is 6. The van der Waals surface area contributed by atoms with Gasteiger partial charge in [-0.15, -0.1) is 0 Å². The molecular weight excluding hydrogens is 296 g/mol. The number of nitrogens with zero attached hydrogens (tertiary/aromatic N) is 2. The first-order valence-corrected chi connectivity index (χ1v) is 8.29. The summed E-state index contributed by atoms with van der Waals surface area (Å²) >= 11 is 0. The smallest absolute Gasteiger partial charge is 0.230 e. The minimum absolute atomic E-state index is 0.151. The molecular formula is C17H26N2O4. The normalized spacial score (nSPS) is 28.1. The zero-order valence-electron chi connectivity index (χ0n) is 13.9. The molecule has 0 aromatic carbocycles. The van der Waals surface area contributed by atoms with Crippen molar-refractivity contribution in [3.8, 4) is 0 Å². The van der Waals surface area contributed by atoms with Crippen molar-refractivity contribution in [2.24, 2.45) is 5.92 Å². The van der Waals surface area contributed by atoms with Crippen molar-refractivity contribution < 1.29 is 18.7 Å². The molecule has 23 heavy (non-hydrogen) atoms. The van der Waals surface area contributed by atoms with Crippen LogP contribution in [0.3, 0.4) is 0 Å². The quantitative estimate of drug-likeness (QED) is 0.782. The number of likely N-dealkylation sites (tertiary alicyclic amines) is 2. The molecule has 6 heteroatoms. The number of carbonyl (C=O) groups is 1. The van der Waals surface area contributed by atoms with Crippen LogP contribution in [0.15, 0.2) is 22.8 Å². The first kappa shape index (κ1) is 16.5. The third-order valence-electron chi connectivity index (χ3n) is 5.08. The fourth-order valence-corrected chi connectivity index (χ4v) is 3.90. The van der Waals surface area contributed by atoms with Gasteiger partial charge in [0, 0.05) is 46.3 Å². The van der Waals surface area contributed by atoms with E-state index in [9.17, 15) is 4.79 Å². The van der Waals surface area contributed by atoms with E-state index in [4.69, 9.17) is 13.9 Å². The van der Waals surface area contributed by atoms with Crippen molar-refractivity contribution >= 4 is 5.91 Å². The zero-order chi connectivity index (χ0) is 16.2. The number of furan rings is 1. The predicted octanol–water partition coefficient (Wildman–Crippen LogP) is 1.02. The van der Waals surface area contributed by atoms with E-state index < -0.39 is 0 Å². The maximum absolute atomic E-state index is 12.7. The van der Waals surface area contributed by atoms with Gasteiger partial charge in [-0.1, -0.05) is 0 Å². The average molecular weight is 322 g/mol. The third-order valence-corrected chi connectivity index (χ3v) is 5.08. The summed E-state index contributed by atoms with van der Waals surface area (Å²) in [5.74, 6) is 1.26. The summed E-state index contributed by atoms with van der Waals surface area (Å²) in [6.07, 6.45) is 3.09. The largest absolute Gasteiger partial charge is 0.469 e. The Kier molecular flexibility index (Phi) is 5.35. The highest BCUT2D eigenvalue weighted by Crippen LogP contribution is 2.32. The highest BCUT2D eigenvalue weighted by Gasteiger charge is 2.45. The molecule has 3 rings (SSSR count). The van der Waals surface area contributed by atoms with E-state index in [-0.39, 0.29) is 18.1 Å². The number of piperidine rings is 1. The van der Waals surface area contributed by atoms with E-state index >= 15 is 0 Å². The minimum Gasteiger partial charge on any atom is -0.469 e. The zero-order valence-corrected chi connectivity index (χ0v) is 13.9. The highest BCUT2D eigenvalue weighted by atomic mass is 16.5. The molecule has 0 bridgehead atoms. The molecule has 2 aliphatic heterocycles. The molecule has 0 spiro atoms. The first-order chi connectivity index (χ1) is 11.2. The van der Waals surface area contributed by atoms with E-state index in [2.05, 4.69) is 4.90 Å². The van der Waals surface area contributed by atoms with E-state index in [1.165, 1.54) is 0 Å². The molecule has 0 N–H and O–H groups in total. The number of carbonyl (C=O) groups excluding carboxylic acids is 1. The lowest BCUT2D eigenvalue weighted by Gasteiger charge is -2.41. The Hall–Kier alpha value is -1.37. The SMILES string of the molecule is COCCN1C[C@@H]2[C@@H](OC)CCN(C(=O)Cc3ccco3)[C@@H]2C1. The molecule has 0 radical (unpaired) electrons. The lowest BCUT2D eigenvalue weighted by atomic mass is 9.88. The van der Waals surface area contributed by atoms with Gasteiger partial charge in [-0.25, -0.2) is 0 Å². The van der Waals surface area contributed by atoms with Gasteiger partial charge >= 0.3 is 0 Å². The van der Waals surface area contributed by atoms with E-state index in [1.807, 2.05) is 17.0 Å². The molecule has 1 amide bonds. The second kappa shape index (κ2) is 7.47. The van der Waals surface area contributed by atoms with Crippen LogP contribution < -0.4 is 0 Å². The minimum atomic E-state index is 0.151. The summed E-state index contributed by atoms with van der Waals surface area (Å²) in [6.45, 7) is 4.25. The third kappa shape index (κ3) is 3.59. The fraction of sp³-hybridized carbons (Fsp3) is 0.706. The molecule has 0 saturated carbocycles. The van der Waals surface area contributed by atoms with Gasteiger partial charge in [-0.2, -0.15) is 0 Å². The van der Waals surface area contributed by atoms with Crippen LogP contribution in [-0.4, -0.2) is 74.9 Å². The second-order valence-electron chi connectivity index (χ2n) is 6.39. The molecule has 0 unspecified atom stereocenters. The maximum atomic E-state index is 12.7. The number of hydrogen-bond acceptors (Lipinski definition) is 5. The summed E-state index contributed by atoms with van der Waals surface area (Å²) < 4.78 is 16.2. The lowest BCUT2D eigenvalue weighted by molar-refractivity contribution is -0.138. The van der Waals surface area contributed by atoms with Crippen LogP contribution >= 0.6 is 0 Å². The summed E-state index contributed by atoms with van der Waals surface area (Å²) in [5, 5.41) is 0. The van der Waals surface area contributed by atoms with Crippen molar-refractivity contribution in [3.63, 3.8) is 0 Å². The van der Waals surface area contributed by atoms with Gasteiger partial charge < -0.3 is 18.8 Å². The van der Waals surface area contributed by atoms with E-state index in [1.54, 1.807) is 20.5 Å². The lowest BCUT2D eigenvalue weighted by Crippen LogP contribution is -2.54. The Labute approximate surface area is 137 Å². The Balaban J connectivity index is 1.67. The number of hydrogen-bond donors (Lipinski definition) is 0. The number of amides is 1. The van der Waals surface area contributed by atoms with Crippen molar-refractivity contribution in [2.75, 3.05) is 47.0 Å². The first-order valence-electron chi connectivity index (χ1n) is 8.29. The monoisotopic (exact) mass is 322 g/mol. The van der Waals surface area contributed by atoms with Gasteiger partial charge in [0.2, 0.25) is 5.91 Å². The number of ether oxygens (including phenoxy) is 2. The van der Waals surface area contributed by atoms with Crippen molar-refractivity contribution in [3.05, 3.63) is 24.2 Å². The number of methoxy groups -OCH3 is 2. The number of fused-ring (bicyclic) bond motifs is 1. The van der Waals surface area contributed by atoms with Gasteiger partial charge in [0.05, 0.1) is 31.4 Å². The second-order valence-corrected chi connectivity index (χ2v) is 6.39. The summed E-state index contributed by atoms with van der Waals surface area (Å²) in [7, 11) is 3.50. The molecule has 1 aromatic rings. The van der Waals surface area contributed by atoms with Crippen LogP contribution in [0.5, 0.6) is 0 Å². The van der Waals surface area contributed by atoms with Gasteiger partial charge in [-0.05, 0) is 18.6 Å². The van der Waals surface area contributed by atoms with E-state index in [0.717, 1.165) is 45.0 Å². The summed E-state index contributed by atoms with van der Waals surface area (Å²) in [5.41, 5.74) is 0. The van der Waals surface area contributed by atoms with Crippen LogP contribution in [0.1, 0.15) is 12.2 Å². The molecule has 128 valence electrons. The van der Waals surface area contributed by atoms with E-state index in [0.29, 0.717) is 12.3 Å². The van der Waals surface area contributed by atoms with Gasteiger partial charge in [0.25, 0.3) is 0 Å². The molecule has 2 fully saturated rings. The molecule has 3 atom stereocenters. The molecule has 1 aromatic heterocycles. The van der Waals surface area contributed by atoms with Crippen LogP contribution in [0.4, 0.5) is 0 Å². The van der Waals surface area contributed by atoms with Gasteiger partial charge in [0.1, 0.15) is 5.76 Å². The van der Waals surface area contributed by atoms with Crippen LogP contribution in [-0.2, 0) is 20.7 Å². The topological polar surface area (TPSA) is 55.2 Å². The van der Waals surface area contributed by atoms with Crippen molar-refractivity contribution in [1.82, 2.24) is 9.80 Å². The highest BCUT2D eigenvalue weighted by molar-refractivity contribution is 5.78. The van der Waals surface area contributed by atoms with Gasteiger partial charge in [-0.3, -0.25) is 9.69 Å². The molecule has 3 heterocycles. The molecule has 6 nitrogen and oxygen atoms in total. The molecule has 2 aliphatic rings. The molecule has 0 aliphatic carbocycles. The van der Waals surface area contributed by atoms with Crippen LogP contribution in [0.25, 0.3) is 0 Å². The predicted molar refractivity (Wildman–Crippen MR) is 85.1 cm³/mol. The standard InChI is InChI=1S/C17H26N2O4/c1-21-9-7-18-11-14-15(12-18)19(6-5-16(14)22-2)17(20)10-13-4-3-8-23-13/h3-4,8,14-16H,5-7,9-12H2,1-2H3/t14-,15+,16-/m0/s1. The summed E-state index contributed by atoms with van der Waals surface area (Å²) in [4.78, 5) is 17.1. The average Bonchev–Trinajstić information content (AvgIpc) is 3.20.